The lowest BCUT2D eigenvalue weighted by Gasteiger charge is -2.23. The average Bonchev–Trinajstić information content (AvgIpc) is 3.62. The number of rotatable bonds is 8. The van der Waals surface area contributed by atoms with Gasteiger partial charge in [-0.1, -0.05) is 54.8 Å². The molecule has 2 atom stereocenters. The number of ether oxygens (including phenoxy) is 2. The second-order valence-electron chi connectivity index (χ2n) is 10.4. The molecule has 3 heterocycles. The predicted molar refractivity (Wildman–Crippen MR) is 161 cm³/mol. The van der Waals surface area contributed by atoms with Crippen molar-refractivity contribution in [1.82, 2.24) is 4.98 Å². The summed E-state index contributed by atoms with van der Waals surface area (Å²) in [4.78, 5) is 33.4. The first-order chi connectivity index (χ1) is 19.8. The number of nitrogens with zero attached hydrogens (tertiary/aromatic N) is 2. The Hall–Kier alpha value is -3.88. The van der Waals surface area contributed by atoms with Crippen molar-refractivity contribution in [2.75, 3.05) is 11.5 Å². The summed E-state index contributed by atoms with van der Waals surface area (Å²) in [6.45, 7) is 4.67. The Morgan fingerprint density at radius 1 is 1.15 bits per heavy atom. The van der Waals surface area contributed by atoms with Gasteiger partial charge in [0.25, 0.3) is 5.78 Å². The van der Waals surface area contributed by atoms with E-state index >= 15 is 0 Å². The number of unbranched alkanes of at least 4 members (excludes halogenated alkanes) is 2. The number of amides is 1. The monoisotopic (exact) mass is 588 g/mol. The first-order valence-electron chi connectivity index (χ1n) is 13.7. The van der Waals surface area contributed by atoms with Gasteiger partial charge in [-0.25, -0.2) is 4.98 Å². The molecule has 4 aromatic rings. The number of halogens is 1. The van der Waals surface area contributed by atoms with Crippen LogP contribution in [0.1, 0.15) is 55.8 Å². The van der Waals surface area contributed by atoms with Gasteiger partial charge in [-0.3, -0.25) is 14.5 Å². The Morgan fingerprint density at radius 2 is 2.00 bits per heavy atom. The van der Waals surface area contributed by atoms with E-state index in [2.05, 4.69) is 11.9 Å². The third kappa shape index (κ3) is 5.18. The van der Waals surface area contributed by atoms with Crippen molar-refractivity contribution >= 4 is 55.7 Å². The van der Waals surface area contributed by atoms with E-state index in [1.165, 1.54) is 16.2 Å². The Kier molecular flexibility index (Phi) is 7.45. The van der Waals surface area contributed by atoms with Gasteiger partial charge in [0.05, 0.1) is 28.4 Å². The second-order valence-corrected chi connectivity index (χ2v) is 11.8. The van der Waals surface area contributed by atoms with E-state index in [1.54, 1.807) is 30.3 Å². The lowest BCUT2D eigenvalue weighted by molar-refractivity contribution is -0.132. The van der Waals surface area contributed by atoms with Gasteiger partial charge in [-0.2, -0.15) is 0 Å². The molecule has 2 aliphatic heterocycles. The van der Waals surface area contributed by atoms with Crippen molar-refractivity contribution in [2.24, 2.45) is 0 Å². The zero-order valence-corrected chi connectivity index (χ0v) is 24.3. The molecule has 1 aromatic heterocycles. The van der Waals surface area contributed by atoms with E-state index in [9.17, 15) is 14.7 Å². The summed E-state index contributed by atoms with van der Waals surface area (Å²) in [5.41, 5.74) is 2.69. The van der Waals surface area contributed by atoms with E-state index < -0.39 is 17.7 Å². The molecule has 0 aliphatic carbocycles. The lowest BCUT2D eigenvalue weighted by Crippen LogP contribution is -2.29. The molecule has 41 heavy (non-hydrogen) atoms. The Labute approximate surface area is 247 Å². The number of aliphatic hydroxyl groups excluding tert-OH is 1. The number of carbonyl (C=O) groups excluding carboxylic acids is 2. The van der Waals surface area contributed by atoms with Gasteiger partial charge in [-0.15, -0.1) is 0 Å². The fourth-order valence-electron chi connectivity index (χ4n) is 5.38. The van der Waals surface area contributed by atoms with E-state index in [0.29, 0.717) is 45.6 Å². The quantitative estimate of drug-likeness (QED) is 0.0994. The molecule has 7 nitrogen and oxygen atoms in total. The third-order valence-corrected chi connectivity index (χ3v) is 8.60. The largest absolute Gasteiger partial charge is 0.507 e. The molecule has 1 amide bonds. The lowest BCUT2D eigenvalue weighted by atomic mass is 9.94. The number of fused-ring (bicyclic) bond motifs is 2. The van der Waals surface area contributed by atoms with Crippen molar-refractivity contribution in [1.29, 1.82) is 0 Å². The number of aromatic nitrogens is 1. The summed E-state index contributed by atoms with van der Waals surface area (Å²) in [7, 11) is 0. The topological polar surface area (TPSA) is 89.0 Å². The van der Waals surface area contributed by atoms with Crippen molar-refractivity contribution < 1.29 is 24.2 Å². The Balaban J connectivity index is 1.47. The number of ketones is 1. The molecule has 210 valence electrons. The van der Waals surface area contributed by atoms with Gasteiger partial charge in [0, 0.05) is 17.0 Å². The molecule has 6 rings (SSSR count). The molecule has 0 bridgehead atoms. The molecule has 9 heteroatoms. The first-order valence-corrected chi connectivity index (χ1v) is 14.9. The van der Waals surface area contributed by atoms with Crippen molar-refractivity contribution in [2.45, 2.75) is 51.7 Å². The average molecular weight is 589 g/mol. The molecule has 0 unspecified atom stereocenters. The molecule has 0 radical (unpaired) electrons. The number of benzene rings is 3. The number of hydrogen-bond acceptors (Lipinski definition) is 7. The number of anilines is 1. The van der Waals surface area contributed by atoms with Crippen LogP contribution in [0.15, 0.2) is 66.2 Å². The molecule has 3 aromatic carbocycles. The smallest absolute Gasteiger partial charge is 0.301 e. The fraction of sp³-hybridized carbons (Fsp3) is 0.281. The van der Waals surface area contributed by atoms with E-state index in [-0.39, 0.29) is 17.4 Å². The van der Waals surface area contributed by atoms with Gasteiger partial charge < -0.3 is 14.6 Å². The summed E-state index contributed by atoms with van der Waals surface area (Å²) in [6, 6.07) is 17.0. The minimum absolute atomic E-state index is 0.00216. The standard InChI is InChI=1S/C32H29ClN2O5S/c1-3-4-5-13-39-23-8-6-7-19(16-23)28-27(29(36)20-9-12-25-21(15-20)14-18(2)40-25)30(37)31(38)35(28)32-34-24-11-10-22(33)17-26(24)41-32/h6-12,15-18,28,36H,3-5,13-14H2,1-2H3/b29-27+/t18-,28+/m1/s1. The molecular formula is C32H29ClN2O5S. The molecule has 2 aliphatic rings. The number of carbonyl (C=O) groups is 2. The molecule has 1 N–H and O–H groups in total. The highest BCUT2D eigenvalue weighted by atomic mass is 35.5. The summed E-state index contributed by atoms with van der Waals surface area (Å²) >= 11 is 7.47. The molecule has 0 saturated carbocycles. The summed E-state index contributed by atoms with van der Waals surface area (Å²) < 4.78 is 12.6. The van der Waals surface area contributed by atoms with Crippen LogP contribution in [0.25, 0.3) is 16.0 Å². The van der Waals surface area contributed by atoms with Crippen molar-refractivity contribution in [3.8, 4) is 11.5 Å². The van der Waals surface area contributed by atoms with Crippen LogP contribution in [-0.2, 0) is 16.0 Å². The molecular weight excluding hydrogens is 560 g/mol. The van der Waals surface area contributed by atoms with E-state index in [1.807, 2.05) is 37.3 Å². The second kappa shape index (κ2) is 11.2. The van der Waals surface area contributed by atoms with E-state index in [0.717, 1.165) is 35.3 Å². The van der Waals surface area contributed by atoms with Crippen LogP contribution in [0.3, 0.4) is 0 Å². The highest BCUT2D eigenvalue weighted by Crippen LogP contribution is 2.45. The minimum atomic E-state index is -0.909. The van der Waals surface area contributed by atoms with Gasteiger partial charge in [-0.05, 0) is 73.0 Å². The zero-order valence-electron chi connectivity index (χ0n) is 22.7. The normalized spacial score (nSPS) is 19.5. The highest BCUT2D eigenvalue weighted by molar-refractivity contribution is 7.22. The van der Waals surface area contributed by atoms with Gasteiger partial charge in [0.2, 0.25) is 0 Å². The van der Waals surface area contributed by atoms with Crippen LogP contribution in [0.5, 0.6) is 11.5 Å². The van der Waals surface area contributed by atoms with Crippen molar-refractivity contribution in [3.05, 3.63) is 87.9 Å². The summed E-state index contributed by atoms with van der Waals surface area (Å²) in [5, 5.41) is 12.5. The molecule has 1 fully saturated rings. The van der Waals surface area contributed by atoms with Crippen LogP contribution in [0.4, 0.5) is 5.13 Å². The van der Waals surface area contributed by atoms with Crippen LogP contribution in [-0.4, -0.2) is 34.5 Å². The van der Waals surface area contributed by atoms with Gasteiger partial charge >= 0.3 is 5.91 Å². The number of thiazole rings is 1. The van der Waals surface area contributed by atoms with Crippen LogP contribution < -0.4 is 14.4 Å². The maximum atomic E-state index is 13.7. The fourth-order valence-corrected chi connectivity index (χ4v) is 6.64. The molecule has 0 spiro atoms. The van der Waals surface area contributed by atoms with Gasteiger partial charge in [0.1, 0.15) is 23.4 Å². The number of Topliss-reactive ketones (excluding diaryl/α,β-unsaturated/α-hetero) is 1. The summed E-state index contributed by atoms with van der Waals surface area (Å²) in [5.74, 6) is -0.383. The van der Waals surface area contributed by atoms with Crippen LogP contribution in [0, 0.1) is 0 Å². The number of aliphatic hydroxyl groups is 1. The summed E-state index contributed by atoms with van der Waals surface area (Å²) in [6.07, 6.45) is 3.79. The maximum absolute atomic E-state index is 13.7. The van der Waals surface area contributed by atoms with Crippen LogP contribution in [0.2, 0.25) is 5.02 Å². The predicted octanol–water partition coefficient (Wildman–Crippen LogP) is 7.47. The Bertz CT molecular complexity index is 1700. The van der Waals surface area contributed by atoms with Crippen molar-refractivity contribution in [3.63, 3.8) is 0 Å². The Morgan fingerprint density at radius 3 is 2.83 bits per heavy atom. The minimum Gasteiger partial charge on any atom is -0.507 e. The zero-order chi connectivity index (χ0) is 28.7. The highest BCUT2D eigenvalue weighted by Gasteiger charge is 2.48. The SMILES string of the molecule is CCCCCOc1cccc([C@H]2/C(=C(\O)c3ccc4c(c3)C[C@@H](C)O4)C(=O)C(=O)N2c2nc3ccc(Cl)cc3s2)c1. The number of hydrogen-bond donors (Lipinski definition) is 1. The molecule has 1 saturated heterocycles. The third-order valence-electron chi connectivity index (χ3n) is 7.35. The van der Waals surface area contributed by atoms with Gasteiger partial charge in [0.15, 0.2) is 5.13 Å². The maximum Gasteiger partial charge on any atom is 0.301 e. The van der Waals surface area contributed by atoms with E-state index in [4.69, 9.17) is 21.1 Å². The van der Waals surface area contributed by atoms with Crippen LogP contribution >= 0.6 is 22.9 Å². The first kappa shape index (κ1) is 27.3.